The Kier molecular flexibility index (Phi) is 3.82. The first-order chi connectivity index (χ1) is 8.09. The molecule has 2 heteroatoms. The molecule has 0 aromatic heterocycles. The van der Waals surface area contributed by atoms with Crippen molar-refractivity contribution in [1.82, 2.24) is 0 Å². The van der Waals surface area contributed by atoms with Crippen molar-refractivity contribution < 1.29 is 4.39 Å². The van der Waals surface area contributed by atoms with Gasteiger partial charge in [-0.1, -0.05) is 43.9 Å². The van der Waals surface area contributed by atoms with Gasteiger partial charge in [-0.2, -0.15) is 0 Å². The first-order valence-corrected chi connectivity index (χ1v) is 6.63. The second kappa shape index (κ2) is 5.18. The highest BCUT2D eigenvalue weighted by atomic mass is 19.1. The number of nitrogens with two attached hydrogens (primary N) is 1. The number of rotatable bonds is 4. The van der Waals surface area contributed by atoms with Crippen molar-refractivity contribution in [3.05, 3.63) is 35.6 Å². The summed E-state index contributed by atoms with van der Waals surface area (Å²) in [6.07, 6.45) is 7.36. The van der Waals surface area contributed by atoms with Crippen LogP contribution in [0.25, 0.3) is 0 Å². The maximum atomic E-state index is 13.7. The molecule has 1 fully saturated rings. The second-order valence-electron chi connectivity index (χ2n) is 5.59. The van der Waals surface area contributed by atoms with Gasteiger partial charge in [0.25, 0.3) is 0 Å². The molecule has 0 aliphatic heterocycles. The zero-order valence-electron chi connectivity index (χ0n) is 10.6. The Morgan fingerprint density at radius 1 is 1.29 bits per heavy atom. The zero-order valence-corrected chi connectivity index (χ0v) is 10.6. The van der Waals surface area contributed by atoms with Crippen LogP contribution in [-0.4, -0.2) is 0 Å². The van der Waals surface area contributed by atoms with E-state index in [0.717, 1.165) is 18.8 Å². The van der Waals surface area contributed by atoms with Gasteiger partial charge in [-0.3, -0.25) is 0 Å². The van der Waals surface area contributed by atoms with E-state index < -0.39 is 5.54 Å². The average molecular weight is 235 g/mol. The smallest absolute Gasteiger partial charge is 0.128 e. The molecule has 1 aromatic rings. The minimum atomic E-state index is -0.534. The van der Waals surface area contributed by atoms with Crippen LogP contribution < -0.4 is 5.73 Å². The molecule has 1 nitrogen and oxygen atoms in total. The molecule has 1 saturated carbocycles. The third kappa shape index (κ3) is 3.06. The van der Waals surface area contributed by atoms with Crippen LogP contribution in [0.2, 0.25) is 0 Å². The molecule has 1 aliphatic carbocycles. The molecule has 0 spiro atoms. The van der Waals surface area contributed by atoms with Crippen LogP contribution in [0.4, 0.5) is 4.39 Å². The van der Waals surface area contributed by atoms with Gasteiger partial charge in [0.15, 0.2) is 0 Å². The Hall–Kier alpha value is -0.890. The molecular weight excluding hydrogens is 213 g/mol. The monoisotopic (exact) mass is 235 g/mol. The summed E-state index contributed by atoms with van der Waals surface area (Å²) in [5.41, 5.74) is 6.39. The van der Waals surface area contributed by atoms with E-state index in [4.69, 9.17) is 5.73 Å². The summed E-state index contributed by atoms with van der Waals surface area (Å²) in [6.45, 7) is 1.94. The van der Waals surface area contributed by atoms with Gasteiger partial charge in [-0.15, -0.1) is 0 Å². The number of hydrogen-bond acceptors (Lipinski definition) is 1. The predicted molar refractivity (Wildman–Crippen MR) is 69.1 cm³/mol. The third-order valence-electron chi connectivity index (χ3n) is 4.04. The molecule has 0 amide bonds. The summed E-state index contributed by atoms with van der Waals surface area (Å²) in [4.78, 5) is 0. The third-order valence-corrected chi connectivity index (χ3v) is 4.04. The van der Waals surface area contributed by atoms with Crippen LogP contribution >= 0.6 is 0 Å². The quantitative estimate of drug-likeness (QED) is 0.839. The summed E-state index contributed by atoms with van der Waals surface area (Å²) >= 11 is 0. The highest BCUT2D eigenvalue weighted by Crippen LogP contribution is 2.33. The Morgan fingerprint density at radius 3 is 2.59 bits per heavy atom. The normalized spacial score (nSPS) is 20.4. The highest BCUT2D eigenvalue weighted by molar-refractivity contribution is 5.24. The minimum Gasteiger partial charge on any atom is -0.322 e. The second-order valence-corrected chi connectivity index (χ2v) is 5.59. The van der Waals surface area contributed by atoms with E-state index in [0.29, 0.717) is 5.56 Å². The van der Waals surface area contributed by atoms with Crippen LogP contribution in [0.3, 0.4) is 0 Å². The summed E-state index contributed by atoms with van der Waals surface area (Å²) < 4.78 is 13.7. The Labute approximate surface area is 103 Å². The van der Waals surface area contributed by atoms with Crippen molar-refractivity contribution in [1.29, 1.82) is 0 Å². The predicted octanol–water partition coefficient (Wildman–Crippen LogP) is 3.97. The standard InChI is InChI=1S/C15H22FN/c1-15(17,11-10-12-6-2-3-7-12)13-8-4-5-9-14(13)16/h4-5,8-9,12H,2-3,6-7,10-11,17H2,1H3. The van der Waals surface area contributed by atoms with Gasteiger partial charge in [0.1, 0.15) is 5.82 Å². The van der Waals surface area contributed by atoms with Gasteiger partial charge in [-0.25, -0.2) is 4.39 Å². The van der Waals surface area contributed by atoms with Crippen molar-refractivity contribution in [2.75, 3.05) is 0 Å². The summed E-state index contributed by atoms with van der Waals surface area (Å²) in [6, 6.07) is 6.88. The Balaban J connectivity index is 2.00. The van der Waals surface area contributed by atoms with E-state index in [1.165, 1.54) is 31.7 Å². The highest BCUT2D eigenvalue weighted by Gasteiger charge is 2.26. The number of benzene rings is 1. The van der Waals surface area contributed by atoms with Gasteiger partial charge in [0, 0.05) is 11.1 Å². The van der Waals surface area contributed by atoms with Gasteiger partial charge < -0.3 is 5.73 Å². The van der Waals surface area contributed by atoms with Gasteiger partial charge in [0.05, 0.1) is 0 Å². The maximum Gasteiger partial charge on any atom is 0.128 e. The molecule has 1 aliphatic rings. The van der Waals surface area contributed by atoms with E-state index in [2.05, 4.69) is 0 Å². The zero-order chi connectivity index (χ0) is 12.3. The molecule has 1 aromatic carbocycles. The number of halogens is 1. The summed E-state index contributed by atoms with van der Waals surface area (Å²) in [5.74, 6) is 0.633. The number of hydrogen-bond donors (Lipinski definition) is 1. The van der Waals surface area contributed by atoms with Crippen molar-refractivity contribution >= 4 is 0 Å². The van der Waals surface area contributed by atoms with Crippen molar-refractivity contribution in [3.63, 3.8) is 0 Å². The van der Waals surface area contributed by atoms with Gasteiger partial charge in [0.2, 0.25) is 0 Å². The van der Waals surface area contributed by atoms with E-state index in [-0.39, 0.29) is 5.82 Å². The van der Waals surface area contributed by atoms with Crippen LogP contribution in [0, 0.1) is 11.7 Å². The van der Waals surface area contributed by atoms with E-state index in [9.17, 15) is 4.39 Å². The molecular formula is C15H22FN. The lowest BCUT2D eigenvalue weighted by atomic mass is 9.85. The van der Waals surface area contributed by atoms with Crippen molar-refractivity contribution in [3.8, 4) is 0 Å². The summed E-state index contributed by atoms with van der Waals surface area (Å²) in [7, 11) is 0. The molecule has 0 bridgehead atoms. The molecule has 1 unspecified atom stereocenters. The molecule has 0 radical (unpaired) electrons. The fourth-order valence-corrected chi connectivity index (χ4v) is 2.86. The summed E-state index contributed by atoms with van der Waals surface area (Å²) in [5, 5.41) is 0. The topological polar surface area (TPSA) is 26.0 Å². The molecule has 2 rings (SSSR count). The molecule has 0 saturated heterocycles. The van der Waals surface area contributed by atoms with Crippen LogP contribution in [0.15, 0.2) is 24.3 Å². The first kappa shape index (κ1) is 12.6. The minimum absolute atomic E-state index is 0.177. The van der Waals surface area contributed by atoms with Crippen molar-refractivity contribution in [2.24, 2.45) is 11.7 Å². The average Bonchev–Trinajstić information content (AvgIpc) is 2.80. The van der Waals surface area contributed by atoms with E-state index in [1.54, 1.807) is 6.07 Å². The fraction of sp³-hybridized carbons (Fsp3) is 0.600. The van der Waals surface area contributed by atoms with Gasteiger partial charge >= 0.3 is 0 Å². The van der Waals surface area contributed by atoms with Crippen LogP contribution in [-0.2, 0) is 5.54 Å². The lowest BCUT2D eigenvalue weighted by Gasteiger charge is -2.27. The van der Waals surface area contributed by atoms with Gasteiger partial charge in [-0.05, 0) is 31.7 Å². The molecule has 17 heavy (non-hydrogen) atoms. The Morgan fingerprint density at radius 2 is 1.94 bits per heavy atom. The van der Waals surface area contributed by atoms with Crippen molar-refractivity contribution in [2.45, 2.75) is 51.0 Å². The lowest BCUT2D eigenvalue weighted by Crippen LogP contribution is -2.34. The molecule has 0 heterocycles. The first-order valence-electron chi connectivity index (χ1n) is 6.63. The van der Waals surface area contributed by atoms with E-state index >= 15 is 0 Å². The molecule has 1 atom stereocenters. The lowest BCUT2D eigenvalue weighted by molar-refractivity contribution is 0.363. The maximum absolute atomic E-state index is 13.7. The largest absolute Gasteiger partial charge is 0.322 e. The van der Waals surface area contributed by atoms with E-state index in [1.807, 2.05) is 19.1 Å². The molecule has 2 N–H and O–H groups in total. The van der Waals surface area contributed by atoms with Crippen LogP contribution in [0.1, 0.15) is 51.0 Å². The SMILES string of the molecule is CC(N)(CCC1CCCC1)c1ccccc1F. The molecule has 94 valence electrons. The Bertz CT molecular complexity index is 367. The fourth-order valence-electron chi connectivity index (χ4n) is 2.86. The van der Waals surface area contributed by atoms with Crippen LogP contribution in [0.5, 0.6) is 0 Å².